The molecule has 0 fully saturated rings. The molecule has 0 spiro atoms. The lowest BCUT2D eigenvalue weighted by Crippen LogP contribution is -2.11. The molecule has 0 radical (unpaired) electrons. The molecule has 0 saturated heterocycles. The second kappa shape index (κ2) is 14.1. The largest absolute Gasteiger partial charge is 0.455 e. The van der Waals surface area contributed by atoms with Crippen LogP contribution in [0.4, 0.5) is 17.1 Å². The van der Waals surface area contributed by atoms with Crippen LogP contribution in [0.3, 0.4) is 0 Å². The summed E-state index contributed by atoms with van der Waals surface area (Å²) >= 11 is 0. The molecule has 0 amide bonds. The van der Waals surface area contributed by atoms with E-state index in [4.69, 9.17) is 4.42 Å². The van der Waals surface area contributed by atoms with E-state index in [1.165, 1.54) is 43.8 Å². The summed E-state index contributed by atoms with van der Waals surface area (Å²) in [6.45, 7) is 0. The maximum atomic E-state index is 6.88. The quantitative estimate of drug-likeness (QED) is 0.162. The van der Waals surface area contributed by atoms with E-state index < -0.39 is 0 Å². The Morgan fingerprint density at radius 3 is 1.66 bits per heavy atom. The lowest BCUT2D eigenvalue weighted by atomic mass is 9.94. The van der Waals surface area contributed by atoms with E-state index in [9.17, 15) is 0 Å². The monoisotopic (exact) mass is 739 g/mol. The number of para-hydroxylation sites is 1. The van der Waals surface area contributed by atoms with Gasteiger partial charge in [-0.25, -0.2) is 0 Å². The molecule has 10 aromatic carbocycles. The van der Waals surface area contributed by atoms with E-state index in [-0.39, 0.29) is 0 Å². The van der Waals surface area contributed by atoms with E-state index in [0.717, 1.165) is 61.3 Å². The van der Waals surface area contributed by atoms with Gasteiger partial charge in [-0.3, -0.25) is 0 Å². The highest BCUT2D eigenvalue weighted by molar-refractivity contribution is 6.17. The Labute approximate surface area is 337 Å². The van der Waals surface area contributed by atoms with Gasteiger partial charge >= 0.3 is 0 Å². The van der Waals surface area contributed by atoms with Crippen molar-refractivity contribution in [2.75, 3.05) is 4.90 Å². The van der Waals surface area contributed by atoms with Crippen LogP contribution in [0.5, 0.6) is 0 Å². The second-order valence-corrected chi connectivity index (χ2v) is 14.9. The first-order valence-corrected chi connectivity index (χ1v) is 19.8. The summed E-state index contributed by atoms with van der Waals surface area (Å²) in [6, 6.07) is 80.7. The zero-order chi connectivity index (χ0) is 38.4. The average molecular weight is 740 g/mol. The van der Waals surface area contributed by atoms with E-state index in [0.29, 0.717) is 0 Å². The van der Waals surface area contributed by atoms with Gasteiger partial charge in [0.2, 0.25) is 0 Å². The van der Waals surface area contributed by atoms with Gasteiger partial charge in [0.1, 0.15) is 11.2 Å². The molecule has 2 heteroatoms. The minimum absolute atomic E-state index is 0.863. The van der Waals surface area contributed by atoms with Crippen LogP contribution in [0.1, 0.15) is 0 Å². The molecule has 272 valence electrons. The maximum absolute atomic E-state index is 6.88. The summed E-state index contributed by atoms with van der Waals surface area (Å²) in [7, 11) is 0. The van der Waals surface area contributed by atoms with Crippen LogP contribution in [0.2, 0.25) is 0 Å². The number of hydrogen-bond donors (Lipinski definition) is 0. The Morgan fingerprint density at radius 2 is 0.862 bits per heavy atom. The first-order chi connectivity index (χ1) is 28.8. The van der Waals surface area contributed by atoms with Gasteiger partial charge in [-0.15, -0.1) is 0 Å². The molecule has 0 aliphatic heterocycles. The lowest BCUT2D eigenvalue weighted by molar-refractivity contribution is 0.670. The summed E-state index contributed by atoms with van der Waals surface area (Å²) in [6.07, 6.45) is 0. The summed E-state index contributed by atoms with van der Waals surface area (Å²) < 4.78 is 6.88. The fourth-order valence-electron chi connectivity index (χ4n) is 8.71. The van der Waals surface area contributed by atoms with Crippen molar-refractivity contribution in [1.29, 1.82) is 0 Å². The maximum Gasteiger partial charge on any atom is 0.145 e. The van der Waals surface area contributed by atoms with Crippen molar-refractivity contribution < 1.29 is 4.42 Å². The first-order valence-electron chi connectivity index (χ1n) is 19.8. The number of nitrogens with zero attached hydrogens (tertiary/aromatic N) is 1. The normalized spacial score (nSPS) is 11.4. The number of anilines is 3. The Bertz CT molecular complexity index is 3300. The smallest absolute Gasteiger partial charge is 0.145 e. The van der Waals surface area contributed by atoms with E-state index >= 15 is 0 Å². The molecule has 11 rings (SSSR count). The predicted molar refractivity (Wildman–Crippen MR) is 245 cm³/mol. The van der Waals surface area contributed by atoms with Gasteiger partial charge < -0.3 is 9.32 Å². The molecule has 0 saturated carbocycles. The number of benzene rings is 10. The fourth-order valence-corrected chi connectivity index (χ4v) is 8.71. The highest BCUT2D eigenvalue weighted by atomic mass is 16.3. The molecule has 11 aromatic rings. The average Bonchev–Trinajstić information content (AvgIpc) is 3.69. The van der Waals surface area contributed by atoms with Crippen molar-refractivity contribution >= 4 is 60.5 Å². The summed E-state index contributed by atoms with van der Waals surface area (Å²) in [5.41, 5.74) is 14.2. The fraction of sp³-hybridized carbons (Fsp3) is 0. The molecule has 0 atom stereocenters. The lowest BCUT2D eigenvalue weighted by Gasteiger charge is -2.28. The highest BCUT2D eigenvalue weighted by Gasteiger charge is 2.23. The van der Waals surface area contributed by atoms with Gasteiger partial charge in [-0.1, -0.05) is 176 Å². The van der Waals surface area contributed by atoms with Crippen molar-refractivity contribution in [3.8, 4) is 44.5 Å². The Kier molecular flexibility index (Phi) is 8.19. The second-order valence-electron chi connectivity index (χ2n) is 14.9. The molecule has 1 aromatic heterocycles. The molecule has 1 heterocycles. The Balaban J connectivity index is 1.16. The number of hydrogen-bond acceptors (Lipinski definition) is 2. The van der Waals surface area contributed by atoms with Crippen molar-refractivity contribution in [2.24, 2.45) is 0 Å². The topological polar surface area (TPSA) is 16.4 Å². The zero-order valence-corrected chi connectivity index (χ0v) is 31.7. The molecular formula is C56H37NO. The van der Waals surface area contributed by atoms with Gasteiger partial charge in [0.15, 0.2) is 0 Å². The van der Waals surface area contributed by atoms with Gasteiger partial charge in [-0.2, -0.15) is 0 Å². The van der Waals surface area contributed by atoms with Crippen LogP contribution in [0.25, 0.3) is 88.0 Å². The molecular weight excluding hydrogens is 703 g/mol. The summed E-state index contributed by atoms with van der Waals surface area (Å²) in [5, 5.41) is 7.03. The third-order valence-electron chi connectivity index (χ3n) is 11.4. The zero-order valence-electron chi connectivity index (χ0n) is 31.7. The van der Waals surface area contributed by atoms with Gasteiger partial charge in [0, 0.05) is 22.3 Å². The molecule has 0 aliphatic carbocycles. The van der Waals surface area contributed by atoms with Gasteiger partial charge in [0.25, 0.3) is 0 Å². The minimum atomic E-state index is 0.863. The predicted octanol–water partition coefficient (Wildman–Crippen LogP) is 16.0. The van der Waals surface area contributed by atoms with Crippen molar-refractivity contribution in [1.82, 2.24) is 0 Å². The van der Waals surface area contributed by atoms with Crippen LogP contribution < -0.4 is 4.90 Å². The number of fused-ring (bicyclic) bond motifs is 5. The first kappa shape index (κ1) is 33.6. The standard InChI is InChI=1S/C56H37NO/c1-2-16-39(17-3-1)47-26-8-9-27-49(47)42-21-12-23-45(36-42)57(46-24-13-22-43(37-46)50-29-14-20-40-18-6-7-25-48(40)50)53-34-33-51(44-32-31-38-15-4-5-19-41(38)35-44)56-55(53)52-28-10-11-30-54(52)58-56/h1-37H. The van der Waals surface area contributed by atoms with Crippen LogP contribution in [0.15, 0.2) is 229 Å². The van der Waals surface area contributed by atoms with Crippen molar-refractivity contribution in [3.05, 3.63) is 224 Å². The van der Waals surface area contributed by atoms with E-state index in [1.807, 2.05) is 0 Å². The Morgan fingerprint density at radius 1 is 0.310 bits per heavy atom. The van der Waals surface area contributed by atoms with E-state index in [1.54, 1.807) is 0 Å². The molecule has 58 heavy (non-hydrogen) atoms. The summed E-state index contributed by atoms with van der Waals surface area (Å²) in [4.78, 5) is 2.41. The molecule has 0 bridgehead atoms. The third kappa shape index (κ3) is 5.82. The van der Waals surface area contributed by atoms with Crippen molar-refractivity contribution in [3.63, 3.8) is 0 Å². The van der Waals surface area contributed by atoms with Crippen molar-refractivity contribution in [2.45, 2.75) is 0 Å². The van der Waals surface area contributed by atoms with Gasteiger partial charge in [0.05, 0.1) is 11.1 Å². The Hall–Kier alpha value is -7.68. The molecule has 0 N–H and O–H groups in total. The highest BCUT2D eigenvalue weighted by Crippen LogP contribution is 2.48. The van der Waals surface area contributed by atoms with Crippen LogP contribution in [0, 0.1) is 0 Å². The third-order valence-corrected chi connectivity index (χ3v) is 11.4. The number of furan rings is 1. The van der Waals surface area contributed by atoms with E-state index in [2.05, 4.69) is 229 Å². The molecule has 0 unspecified atom stereocenters. The minimum Gasteiger partial charge on any atom is -0.455 e. The van der Waals surface area contributed by atoms with Crippen LogP contribution in [-0.2, 0) is 0 Å². The molecule has 0 aliphatic rings. The molecule has 2 nitrogen and oxygen atoms in total. The SMILES string of the molecule is c1ccc(-c2ccccc2-c2cccc(N(c3cccc(-c4cccc5ccccc45)c3)c3ccc(-c4ccc5ccccc5c4)c4oc5ccccc5c34)c2)cc1. The summed E-state index contributed by atoms with van der Waals surface area (Å²) in [5.74, 6) is 0. The van der Waals surface area contributed by atoms with Crippen LogP contribution >= 0.6 is 0 Å². The number of rotatable bonds is 7. The van der Waals surface area contributed by atoms with Gasteiger partial charge in [-0.05, 0) is 109 Å². The van der Waals surface area contributed by atoms with Crippen LogP contribution in [-0.4, -0.2) is 0 Å².